The lowest BCUT2D eigenvalue weighted by Gasteiger charge is -2.34. The van der Waals surface area contributed by atoms with E-state index in [2.05, 4.69) is 5.32 Å². The highest BCUT2D eigenvalue weighted by atomic mass is 16.5. The van der Waals surface area contributed by atoms with E-state index in [1.165, 1.54) is 0 Å². The van der Waals surface area contributed by atoms with Gasteiger partial charge >= 0.3 is 12.0 Å². The summed E-state index contributed by atoms with van der Waals surface area (Å²) in [7, 11) is 0. The minimum atomic E-state index is -0.276. The Morgan fingerprint density at radius 3 is 2.28 bits per heavy atom. The van der Waals surface area contributed by atoms with Gasteiger partial charge in [-0.15, -0.1) is 0 Å². The molecule has 0 radical (unpaired) electrons. The van der Waals surface area contributed by atoms with Crippen molar-refractivity contribution in [3.63, 3.8) is 0 Å². The topological polar surface area (TPSA) is 79.0 Å². The van der Waals surface area contributed by atoms with Crippen molar-refractivity contribution in [3.8, 4) is 0 Å². The fourth-order valence-electron chi connectivity index (χ4n) is 2.86. The van der Waals surface area contributed by atoms with Crippen molar-refractivity contribution in [2.24, 2.45) is 11.8 Å². The van der Waals surface area contributed by atoms with E-state index in [9.17, 15) is 14.4 Å². The van der Waals surface area contributed by atoms with E-state index >= 15 is 0 Å². The van der Waals surface area contributed by atoms with Gasteiger partial charge in [0, 0.05) is 31.9 Å². The number of carbonyl (C=O) groups excluding carboxylic acids is 3. The second kappa shape index (κ2) is 7.55. The summed E-state index contributed by atoms with van der Waals surface area (Å²) in [6.07, 6.45) is 0.849. The lowest BCUT2D eigenvalue weighted by molar-refractivity contribution is -0.153. The molecule has 1 saturated carbocycles. The number of hydrogen-bond acceptors (Lipinski definition) is 4. The van der Waals surface area contributed by atoms with Crippen LogP contribution in [0.4, 0.5) is 10.5 Å². The number of amides is 3. The average Bonchev–Trinajstić information content (AvgIpc) is 3.37. The van der Waals surface area contributed by atoms with E-state index < -0.39 is 0 Å². The van der Waals surface area contributed by atoms with E-state index in [0.29, 0.717) is 32.1 Å². The first-order valence-corrected chi connectivity index (χ1v) is 8.60. The molecule has 3 amide bonds. The Labute approximate surface area is 146 Å². The van der Waals surface area contributed by atoms with E-state index in [0.717, 1.165) is 12.1 Å². The average molecular weight is 345 g/mol. The second-order valence-electron chi connectivity index (χ2n) is 6.59. The number of nitrogens with one attached hydrogen (secondary N) is 1. The number of ether oxygens (including phenoxy) is 1. The molecular weight excluding hydrogens is 322 g/mol. The molecule has 7 heteroatoms. The van der Waals surface area contributed by atoms with Crippen LogP contribution in [0.3, 0.4) is 0 Å². The zero-order valence-electron chi connectivity index (χ0n) is 14.3. The molecule has 2 fully saturated rings. The number of carbonyl (C=O) groups is 3. The Morgan fingerprint density at radius 1 is 1.08 bits per heavy atom. The summed E-state index contributed by atoms with van der Waals surface area (Å²) in [4.78, 5) is 39.3. The lowest BCUT2D eigenvalue weighted by atomic mass is 10.3. The molecule has 0 unspecified atom stereocenters. The summed E-state index contributed by atoms with van der Waals surface area (Å²) in [5.41, 5.74) is 0.743. The van der Waals surface area contributed by atoms with Crippen molar-refractivity contribution in [2.75, 3.05) is 38.1 Å². The van der Waals surface area contributed by atoms with Gasteiger partial charge in [-0.3, -0.25) is 9.59 Å². The van der Waals surface area contributed by atoms with E-state index in [-0.39, 0.29) is 30.4 Å². The van der Waals surface area contributed by atoms with Crippen LogP contribution in [0.1, 0.15) is 13.3 Å². The maximum atomic E-state index is 12.2. The van der Waals surface area contributed by atoms with Gasteiger partial charge in [0.2, 0.25) is 0 Å². The summed E-state index contributed by atoms with van der Waals surface area (Å²) in [6, 6.07) is 9.08. The largest absolute Gasteiger partial charge is 0.455 e. The zero-order valence-corrected chi connectivity index (χ0v) is 14.3. The number of urea groups is 1. The van der Waals surface area contributed by atoms with Crippen molar-refractivity contribution < 1.29 is 19.1 Å². The number of benzene rings is 1. The van der Waals surface area contributed by atoms with Crippen LogP contribution in [-0.4, -0.2) is 60.5 Å². The monoisotopic (exact) mass is 345 g/mol. The van der Waals surface area contributed by atoms with Crippen LogP contribution in [0.25, 0.3) is 0 Å². The molecule has 0 spiro atoms. The lowest BCUT2D eigenvalue weighted by Crippen LogP contribution is -2.52. The minimum absolute atomic E-state index is 0.0358. The van der Waals surface area contributed by atoms with Crippen LogP contribution >= 0.6 is 0 Å². The molecule has 25 heavy (non-hydrogen) atoms. The number of para-hydroxylation sites is 1. The van der Waals surface area contributed by atoms with Crippen molar-refractivity contribution in [3.05, 3.63) is 30.3 Å². The Bertz CT molecular complexity index is 641. The smallest absolute Gasteiger partial charge is 0.321 e. The predicted molar refractivity (Wildman–Crippen MR) is 91.8 cm³/mol. The van der Waals surface area contributed by atoms with Gasteiger partial charge < -0.3 is 19.9 Å². The van der Waals surface area contributed by atoms with Gasteiger partial charge in [-0.2, -0.15) is 0 Å². The van der Waals surface area contributed by atoms with Gasteiger partial charge in [-0.1, -0.05) is 25.1 Å². The molecule has 0 aromatic heterocycles. The standard InChI is InChI=1S/C18H23N3O4/c1-13-11-15(13)17(23)25-12-16(22)20-7-9-21(10-8-20)18(24)19-14-5-3-2-4-6-14/h2-6,13,15H,7-12H2,1H3,(H,19,24)/t13-,15+/m0/s1. The molecule has 1 N–H and O–H groups in total. The fraction of sp³-hybridized carbons (Fsp3) is 0.500. The van der Waals surface area contributed by atoms with Crippen molar-refractivity contribution >= 4 is 23.6 Å². The third kappa shape index (κ3) is 4.49. The van der Waals surface area contributed by atoms with Crippen LogP contribution < -0.4 is 5.32 Å². The van der Waals surface area contributed by atoms with Crippen LogP contribution in [0, 0.1) is 11.8 Å². The SMILES string of the molecule is C[C@H]1C[C@H]1C(=O)OCC(=O)N1CCN(C(=O)Nc2ccccc2)CC1. The first kappa shape index (κ1) is 17.3. The van der Waals surface area contributed by atoms with Crippen LogP contribution in [0.5, 0.6) is 0 Å². The van der Waals surface area contributed by atoms with Gasteiger partial charge in [0.1, 0.15) is 0 Å². The van der Waals surface area contributed by atoms with E-state index in [4.69, 9.17) is 4.74 Å². The second-order valence-corrected chi connectivity index (χ2v) is 6.59. The number of hydrogen-bond donors (Lipinski definition) is 1. The third-order valence-electron chi connectivity index (χ3n) is 4.69. The zero-order chi connectivity index (χ0) is 17.8. The Balaban J connectivity index is 1.39. The summed E-state index contributed by atoms with van der Waals surface area (Å²) < 4.78 is 5.08. The van der Waals surface area contributed by atoms with Crippen LogP contribution in [0.2, 0.25) is 0 Å². The molecule has 0 bridgehead atoms. The van der Waals surface area contributed by atoms with Crippen LogP contribution in [-0.2, 0) is 14.3 Å². The predicted octanol–water partition coefficient (Wildman–Crippen LogP) is 1.56. The minimum Gasteiger partial charge on any atom is -0.455 e. The van der Waals surface area contributed by atoms with Gasteiger partial charge in [-0.25, -0.2) is 4.79 Å². The molecule has 1 aromatic rings. The summed E-state index contributed by atoms with van der Waals surface area (Å²) in [5, 5.41) is 2.83. The number of piperazine rings is 1. The highest BCUT2D eigenvalue weighted by Crippen LogP contribution is 2.38. The van der Waals surface area contributed by atoms with Crippen LogP contribution in [0.15, 0.2) is 30.3 Å². The first-order valence-electron chi connectivity index (χ1n) is 8.60. The van der Waals surface area contributed by atoms with E-state index in [1.807, 2.05) is 37.3 Å². The number of rotatable bonds is 4. The van der Waals surface area contributed by atoms with Gasteiger partial charge in [0.25, 0.3) is 5.91 Å². The third-order valence-corrected chi connectivity index (χ3v) is 4.69. The quantitative estimate of drug-likeness (QED) is 0.840. The Hall–Kier alpha value is -2.57. The molecule has 1 heterocycles. The fourth-order valence-corrected chi connectivity index (χ4v) is 2.86. The Kier molecular flexibility index (Phi) is 5.21. The van der Waals surface area contributed by atoms with Gasteiger partial charge in [0.05, 0.1) is 5.92 Å². The number of nitrogens with zero attached hydrogens (tertiary/aromatic N) is 2. The van der Waals surface area contributed by atoms with Gasteiger partial charge in [0.15, 0.2) is 6.61 Å². The summed E-state index contributed by atoms with van der Waals surface area (Å²) >= 11 is 0. The highest BCUT2D eigenvalue weighted by molar-refractivity contribution is 5.89. The molecule has 3 rings (SSSR count). The molecule has 1 saturated heterocycles. The van der Waals surface area contributed by atoms with Crippen molar-refractivity contribution in [1.82, 2.24) is 9.80 Å². The molecule has 2 aliphatic rings. The maximum absolute atomic E-state index is 12.2. The van der Waals surface area contributed by atoms with Gasteiger partial charge in [-0.05, 0) is 24.5 Å². The number of esters is 1. The summed E-state index contributed by atoms with van der Waals surface area (Å²) in [5.74, 6) is -0.146. The molecule has 1 aliphatic heterocycles. The molecule has 2 atom stereocenters. The molecule has 134 valence electrons. The normalized spacial score (nSPS) is 22.3. The first-order chi connectivity index (χ1) is 12.0. The molecule has 1 aromatic carbocycles. The molecule has 7 nitrogen and oxygen atoms in total. The molecule has 1 aliphatic carbocycles. The number of anilines is 1. The van der Waals surface area contributed by atoms with Crippen molar-refractivity contribution in [1.29, 1.82) is 0 Å². The highest BCUT2D eigenvalue weighted by Gasteiger charge is 2.40. The van der Waals surface area contributed by atoms with Crippen molar-refractivity contribution in [2.45, 2.75) is 13.3 Å². The summed E-state index contributed by atoms with van der Waals surface area (Å²) in [6.45, 7) is 3.58. The Morgan fingerprint density at radius 2 is 1.68 bits per heavy atom. The molecular formula is C18H23N3O4. The maximum Gasteiger partial charge on any atom is 0.321 e. The van der Waals surface area contributed by atoms with E-state index in [1.54, 1.807) is 9.80 Å².